The topological polar surface area (TPSA) is 112 Å². The molecule has 1 aromatic heterocycles. The Balaban J connectivity index is 1.46. The van der Waals surface area contributed by atoms with Gasteiger partial charge >= 0.3 is 0 Å². The first-order valence-electron chi connectivity index (χ1n) is 12.6. The van der Waals surface area contributed by atoms with Crippen molar-refractivity contribution >= 4 is 29.1 Å². The molecule has 1 aliphatic carbocycles. The first-order valence-corrected chi connectivity index (χ1v) is 13.5. The maximum atomic E-state index is 14.3. The van der Waals surface area contributed by atoms with Gasteiger partial charge in [-0.2, -0.15) is 0 Å². The van der Waals surface area contributed by atoms with Gasteiger partial charge in [-0.3, -0.25) is 14.4 Å². The first-order chi connectivity index (χ1) is 17.3. The van der Waals surface area contributed by atoms with Crippen LogP contribution in [0.4, 0.5) is 4.39 Å². The molecule has 1 saturated heterocycles. The van der Waals surface area contributed by atoms with Gasteiger partial charge in [0.25, 0.3) is 5.91 Å². The highest BCUT2D eigenvalue weighted by atomic mass is 32.1. The quantitative estimate of drug-likeness (QED) is 0.509. The molecule has 0 bridgehead atoms. The van der Waals surface area contributed by atoms with Gasteiger partial charge in [-0.25, -0.2) is 9.37 Å². The molecule has 37 heavy (non-hydrogen) atoms. The molecule has 0 spiro atoms. The number of nitrogens with zero attached hydrogens (tertiary/aromatic N) is 2. The van der Waals surface area contributed by atoms with Gasteiger partial charge in [0.15, 0.2) is 5.67 Å². The number of amides is 3. The molecule has 1 aliphatic heterocycles. The number of carbonyl (C=O) groups excluding carboxylic acids is 3. The van der Waals surface area contributed by atoms with Crippen molar-refractivity contribution in [1.82, 2.24) is 20.5 Å². The fourth-order valence-corrected chi connectivity index (χ4v) is 5.42. The number of nitrogens with one attached hydrogen (secondary N) is 2. The number of aromatic nitrogens is 1. The third kappa shape index (κ3) is 5.85. The predicted molar refractivity (Wildman–Crippen MR) is 139 cm³/mol. The van der Waals surface area contributed by atoms with E-state index >= 15 is 0 Å². The van der Waals surface area contributed by atoms with E-state index in [1.807, 2.05) is 43.6 Å². The van der Waals surface area contributed by atoms with Crippen LogP contribution >= 0.6 is 11.3 Å². The van der Waals surface area contributed by atoms with Crippen LogP contribution in [-0.2, 0) is 14.4 Å². The first kappa shape index (κ1) is 27.2. The van der Waals surface area contributed by atoms with E-state index in [2.05, 4.69) is 15.6 Å². The average molecular weight is 531 g/mol. The van der Waals surface area contributed by atoms with Gasteiger partial charge in [-0.05, 0) is 43.2 Å². The molecule has 1 unspecified atom stereocenters. The molecule has 10 heteroatoms. The molecule has 200 valence electrons. The molecule has 2 fully saturated rings. The number of alkyl halides is 1. The van der Waals surface area contributed by atoms with Crippen LogP contribution < -0.4 is 10.6 Å². The molecule has 8 nitrogen and oxygen atoms in total. The molecule has 0 radical (unpaired) electrons. The Hall–Kier alpha value is -2.85. The van der Waals surface area contributed by atoms with E-state index < -0.39 is 41.1 Å². The molecular weight excluding hydrogens is 495 g/mol. The Labute approximate surface area is 220 Å². The lowest BCUT2D eigenvalue weighted by Crippen LogP contribution is -2.59. The SMILES string of the molecule is Cc1ncsc1-c1ccc([C@@H](C)NC(=O)[C@@H]2C[C@@H](O)CN2C(=O)C(NC(=O)C2(F)CC2)C(C)(C)C)cc1. The fraction of sp³-hybridized carbons (Fsp3) is 0.556. The van der Waals surface area contributed by atoms with Gasteiger partial charge in [0.2, 0.25) is 11.8 Å². The molecule has 2 aromatic rings. The number of thiazole rings is 1. The molecule has 3 N–H and O–H groups in total. The summed E-state index contributed by atoms with van der Waals surface area (Å²) in [4.78, 5) is 46.0. The molecule has 1 aromatic carbocycles. The summed E-state index contributed by atoms with van der Waals surface area (Å²) in [6, 6.07) is 5.60. The van der Waals surface area contributed by atoms with Crippen molar-refractivity contribution < 1.29 is 23.9 Å². The van der Waals surface area contributed by atoms with Crippen molar-refractivity contribution in [2.75, 3.05) is 6.54 Å². The lowest BCUT2D eigenvalue weighted by molar-refractivity contribution is -0.145. The molecule has 2 heterocycles. The van der Waals surface area contributed by atoms with E-state index in [1.165, 1.54) is 4.90 Å². The highest BCUT2D eigenvalue weighted by Gasteiger charge is 2.53. The monoisotopic (exact) mass is 530 g/mol. The van der Waals surface area contributed by atoms with Crippen LogP contribution in [0.1, 0.15) is 64.3 Å². The number of aliphatic hydroxyl groups is 1. The van der Waals surface area contributed by atoms with Crippen LogP contribution in [0.5, 0.6) is 0 Å². The smallest absolute Gasteiger partial charge is 0.258 e. The second-order valence-corrected chi connectivity index (χ2v) is 12.1. The summed E-state index contributed by atoms with van der Waals surface area (Å²) in [5.41, 5.74) is 2.07. The number of aryl methyl sites for hydroxylation is 1. The van der Waals surface area contributed by atoms with Gasteiger partial charge < -0.3 is 20.6 Å². The number of aliphatic hydroxyl groups excluding tert-OH is 1. The Kier molecular flexibility index (Phi) is 7.45. The average Bonchev–Trinajstić information content (AvgIpc) is 3.25. The third-order valence-electron chi connectivity index (χ3n) is 7.13. The molecule has 4 atom stereocenters. The molecule has 4 rings (SSSR count). The predicted octanol–water partition coefficient (Wildman–Crippen LogP) is 3.29. The largest absolute Gasteiger partial charge is 0.391 e. The van der Waals surface area contributed by atoms with E-state index in [9.17, 15) is 23.9 Å². The van der Waals surface area contributed by atoms with Crippen molar-refractivity contribution in [2.45, 2.75) is 83.8 Å². The van der Waals surface area contributed by atoms with E-state index in [-0.39, 0.29) is 37.8 Å². The van der Waals surface area contributed by atoms with Crippen LogP contribution in [0.3, 0.4) is 0 Å². The van der Waals surface area contributed by atoms with Crippen LogP contribution in [0.25, 0.3) is 10.4 Å². The van der Waals surface area contributed by atoms with Crippen molar-refractivity contribution in [3.63, 3.8) is 0 Å². The fourth-order valence-electron chi connectivity index (χ4n) is 4.61. The number of carbonyl (C=O) groups is 3. The number of likely N-dealkylation sites (tertiary alicyclic amines) is 1. The maximum Gasteiger partial charge on any atom is 0.258 e. The summed E-state index contributed by atoms with van der Waals surface area (Å²) in [5, 5.41) is 15.9. The summed E-state index contributed by atoms with van der Waals surface area (Å²) < 4.78 is 14.3. The van der Waals surface area contributed by atoms with E-state index in [0.29, 0.717) is 0 Å². The van der Waals surface area contributed by atoms with Crippen molar-refractivity contribution in [3.8, 4) is 10.4 Å². The Bertz CT molecular complexity index is 1170. The lowest BCUT2D eigenvalue weighted by atomic mass is 9.85. The zero-order chi connectivity index (χ0) is 27.1. The number of hydrogen-bond acceptors (Lipinski definition) is 6. The van der Waals surface area contributed by atoms with E-state index in [0.717, 1.165) is 21.7 Å². The molecule has 3 amide bonds. The van der Waals surface area contributed by atoms with Gasteiger partial charge in [-0.15, -0.1) is 11.3 Å². The van der Waals surface area contributed by atoms with Crippen LogP contribution in [0.2, 0.25) is 0 Å². The minimum absolute atomic E-state index is 0.0303. The van der Waals surface area contributed by atoms with Crippen molar-refractivity contribution in [3.05, 3.63) is 41.0 Å². The standard InChI is InChI=1S/C27H35FN4O4S/c1-15(17-6-8-18(9-7-17)21-16(2)29-14-37-21)30-23(34)20-12-19(33)13-32(20)24(35)22(26(3,4)5)31-25(36)27(28)10-11-27/h6-9,14-15,19-20,22,33H,10-13H2,1-5H3,(H,30,34)(H,31,36)/t15-,19-,20+,22?/m1/s1. The van der Waals surface area contributed by atoms with Gasteiger partial charge in [0.05, 0.1) is 28.2 Å². The zero-order valence-electron chi connectivity index (χ0n) is 21.9. The number of hydrogen-bond donors (Lipinski definition) is 3. The lowest BCUT2D eigenvalue weighted by Gasteiger charge is -2.35. The highest BCUT2D eigenvalue weighted by Crippen LogP contribution is 2.40. The second-order valence-electron chi connectivity index (χ2n) is 11.3. The Morgan fingerprint density at radius 3 is 2.38 bits per heavy atom. The number of halogens is 1. The van der Waals surface area contributed by atoms with Crippen LogP contribution in [0.15, 0.2) is 29.8 Å². The summed E-state index contributed by atoms with van der Waals surface area (Å²) in [7, 11) is 0. The van der Waals surface area contributed by atoms with Crippen LogP contribution in [0, 0.1) is 12.3 Å². The summed E-state index contributed by atoms with van der Waals surface area (Å²) in [6.45, 7) is 9.11. The second kappa shape index (κ2) is 10.1. The number of rotatable bonds is 7. The molecular formula is C27H35FN4O4S. The summed E-state index contributed by atoms with van der Waals surface area (Å²) in [6.07, 6.45) is -0.504. The number of β-amino-alcohol motifs (C(OH)–C–C–N with tert-alkyl or cyclic N) is 1. The number of benzene rings is 1. The minimum Gasteiger partial charge on any atom is -0.391 e. The van der Waals surface area contributed by atoms with Crippen molar-refractivity contribution in [1.29, 1.82) is 0 Å². The Morgan fingerprint density at radius 1 is 1.19 bits per heavy atom. The Morgan fingerprint density at radius 2 is 1.84 bits per heavy atom. The van der Waals surface area contributed by atoms with E-state index in [1.54, 1.807) is 32.1 Å². The van der Waals surface area contributed by atoms with Gasteiger partial charge in [0.1, 0.15) is 12.1 Å². The van der Waals surface area contributed by atoms with Crippen molar-refractivity contribution in [2.24, 2.45) is 5.41 Å². The zero-order valence-corrected chi connectivity index (χ0v) is 22.7. The minimum atomic E-state index is -1.92. The van der Waals surface area contributed by atoms with Crippen LogP contribution in [-0.4, -0.2) is 63.1 Å². The molecule has 2 aliphatic rings. The summed E-state index contributed by atoms with van der Waals surface area (Å²) >= 11 is 1.57. The normalized spacial score (nSPS) is 22.3. The highest BCUT2D eigenvalue weighted by molar-refractivity contribution is 7.13. The van der Waals surface area contributed by atoms with E-state index in [4.69, 9.17) is 0 Å². The molecule has 1 saturated carbocycles. The maximum absolute atomic E-state index is 14.3. The third-order valence-corrected chi connectivity index (χ3v) is 8.10. The van der Waals surface area contributed by atoms with Gasteiger partial charge in [0, 0.05) is 13.0 Å². The van der Waals surface area contributed by atoms with Gasteiger partial charge in [-0.1, -0.05) is 45.0 Å². The summed E-state index contributed by atoms with van der Waals surface area (Å²) in [5.74, 6) is -1.69.